The van der Waals surface area contributed by atoms with Crippen LogP contribution >= 0.6 is 11.6 Å². The van der Waals surface area contributed by atoms with Gasteiger partial charge in [-0.3, -0.25) is 4.90 Å². The topological polar surface area (TPSA) is 29.3 Å². The van der Waals surface area contributed by atoms with Crippen LogP contribution in [0.2, 0.25) is 5.02 Å². The smallest absolute Gasteiger partial charge is 0.0514 e. The zero-order chi connectivity index (χ0) is 14.0. The average molecular weight is 281 g/mol. The van der Waals surface area contributed by atoms with E-state index in [0.29, 0.717) is 6.04 Å². The molecule has 0 aromatic heterocycles. The van der Waals surface area contributed by atoms with Gasteiger partial charge >= 0.3 is 0 Å². The van der Waals surface area contributed by atoms with E-state index in [1.165, 1.54) is 12.8 Å². The van der Waals surface area contributed by atoms with Crippen molar-refractivity contribution in [1.82, 2.24) is 4.90 Å². The number of hydrogen-bond acceptors (Lipinski definition) is 2. The summed E-state index contributed by atoms with van der Waals surface area (Å²) in [7, 11) is 0. The molecule has 1 saturated carbocycles. The second-order valence-corrected chi connectivity index (χ2v) is 6.47. The fourth-order valence-electron chi connectivity index (χ4n) is 2.72. The molecule has 2 nitrogen and oxygen atoms in total. The van der Waals surface area contributed by atoms with Gasteiger partial charge < -0.3 is 5.73 Å². The molecular weight excluding hydrogens is 256 g/mol. The Labute approximate surface area is 121 Å². The van der Waals surface area contributed by atoms with Gasteiger partial charge in [0.1, 0.15) is 0 Å². The number of halogens is 1. The van der Waals surface area contributed by atoms with Crippen molar-refractivity contribution in [2.75, 3.05) is 6.54 Å². The van der Waals surface area contributed by atoms with E-state index in [-0.39, 0.29) is 12.1 Å². The third kappa shape index (κ3) is 3.71. The fourth-order valence-corrected chi connectivity index (χ4v) is 2.97. The molecule has 0 bridgehead atoms. The van der Waals surface area contributed by atoms with Gasteiger partial charge in [0.2, 0.25) is 0 Å². The first-order valence-corrected chi connectivity index (χ1v) is 7.64. The average Bonchev–Trinajstić information content (AvgIpc) is 3.14. The molecule has 0 amide bonds. The predicted octanol–water partition coefficient (Wildman–Crippen LogP) is 3.85. The summed E-state index contributed by atoms with van der Waals surface area (Å²) in [5, 5.41) is 0.825. The second-order valence-electron chi connectivity index (χ2n) is 6.06. The molecule has 2 atom stereocenters. The summed E-state index contributed by atoms with van der Waals surface area (Å²) in [4.78, 5) is 2.52. The highest BCUT2D eigenvalue weighted by Crippen LogP contribution is 2.36. The van der Waals surface area contributed by atoms with Crippen LogP contribution in [0.5, 0.6) is 0 Å². The lowest BCUT2D eigenvalue weighted by atomic mass is 9.97. The molecule has 2 N–H and O–H groups in total. The minimum Gasteiger partial charge on any atom is -0.326 e. The lowest BCUT2D eigenvalue weighted by Crippen LogP contribution is -2.44. The molecule has 1 aromatic carbocycles. The van der Waals surface area contributed by atoms with E-state index in [2.05, 4.69) is 31.7 Å². The third-order valence-corrected chi connectivity index (χ3v) is 4.25. The summed E-state index contributed by atoms with van der Waals surface area (Å²) in [6.07, 6.45) is 2.72. The molecule has 0 aliphatic heterocycles. The summed E-state index contributed by atoms with van der Waals surface area (Å²) in [5.74, 6) is 0.853. The molecular formula is C16H25ClN2. The van der Waals surface area contributed by atoms with Gasteiger partial charge in [0.15, 0.2) is 0 Å². The van der Waals surface area contributed by atoms with Crippen LogP contribution in [0.1, 0.15) is 45.2 Å². The van der Waals surface area contributed by atoms with Crippen LogP contribution in [0.15, 0.2) is 24.3 Å². The first-order chi connectivity index (χ1) is 9.00. The van der Waals surface area contributed by atoms with Crippen LogP contribution in [-0.4, -0.2) is 23.5 Å². The maximum Gasteiger partial charge on any atom is 0.0514 e. The van der Waals surface area contributed by atoms with Gasteiger partial charge in [-0.05, 0) is 51.2 Å². The largest absolute Gasteiger partial charge is 0.326 e. The van der Waals surface area contributed by atoms with E-state index in [4.69, 9.17) is 17.3 Å². The number of rotatable bonds is 6. The predicted molar refractivity (Wildman–Crippen MR) is 82.4 cm³/mol. The van der Waals surface area contributed by atoms with Crippen LogP contribution < -0.4 is 5.73 Å². The number of hydrogen-bond donors (Lipinski definition) is 1. The van der Waals surface area contributed by atoms with Crippen molar-refractivity contribution in [2.45, 2.75) is 51.7 Å². The van der Waals surface area contributed by atoms with E-state index in [1.807, 2.05) is 18.2 Å². The van der Waals surface area contributed by atoms with E-state index in [1.54, 1.807) is 0 Å². The van der Waals surface area contributed by atoms with Crippen molar-refractivity contribution < 1.29 is 0 Å². The Morgan fingerprint density at radius 2 is 1.89 bits per heavy atom. The lowest BCUT2D eigenvalue weighted by molar-refractivity contribution is 0.129. The molecule has 2 rings (SSSR count). The van der Waals surface area contributed by atoms with Gasteiger partial charge in [0, 0.05) is 23.7 Å². The molecule has 19 heavy (non-hydrogen) atoms. The number of nitrogens with two attached hydrogens (primary N) is 1. The minimum atomic E-state index is 0.0704. The van der Waals surface area contributed by atoms with Crippen molar-refractivity contribution in [3.8, 4) is 0 Å². The van der Waals surface area contributed by atoms with E-state index in [9.17, 15) is 0 Å². The zero-order valence-corrected chi connectivity index (χ0v) is 12.9. The molecule has 3 heteroatoms. The van der Waals surface area contributed by atoms with Gasteiger partial charge in [0.25, 0.3) is 0 Å². The van der Waals surface area contributed by atoms with Gasteiger partial charge in [-0.1, -0.05) is 29.8 Å². The van der Waals surface area contributed by atoms with Crippen molar-refractivity contribution in [3.05, 3.63) is 34.9 Å². The first-order valence-electron chi connectivity index (χ1n) is 7.26. The van der Waals surface area contributed by atoms with Gasteiger partial charge in [-0.15, -0.1) is 0 Å². The Morgan fingerprint density at radius 1 is 1.26 bits per heavy atom. The summed E-state index contributed by atoms with van der Waals surface area (Å²) in [6, 6.07) is 8.85. The van der Waals surface area contributed by atoms with Crippen LogP contribution in [0.3, 0.4) is 0 Å². The molecule has 1 aliphatic rings. The molecule has 0 heterocycles. The molecule has 2 unspecified atom stereocenters. The maximum atomic E-state index is 6.38. The maximum absolute atomic E-state index is 6.38. The lowest BCUT2D eigenvalue weighted by Gasteiger charge is -2.38. The zero-order valence-electron chi connectivity index (χ0n) is 12.1. The molecule has 0 spiro atoms. The standard InChI is InChI=1S/C16H25ClN2/c1-11(2)19(10-13-8-9-13)16(12(3)18)14-6-4-5-7-15(14)17/h4-7,11-13,16H,8-10,18H2,1-3H3. The first kappa shape index (κ1) is 14.8. The second kappa shape index (κ2) is 6.25. The molecule has 1 aliphatic carbocycles. The van der Waals surface area contributed by atoms with Crippen molar-refractivity contribution in [2.24, 2.45) is 11.7 Å². The van der Waals surface area contributed by atoms with E-state index < -0.39 is 0 Å². The Hall–Kier alpha value is -0.570. The molecule has 106 valence electrons. The van der Waals surface area contributed by atoms with E-state index in [0.717, 1.165) is 23.0 Å². The molecule has 0 radical (unpaired) electrons. The molecule has 0 saturated heterocycles. The van der Waals surface area contributed by atoms with Crippen LogP contribution in [0.25, 0.3) is 0 Å². The highest BCUT2D eigenvalue weighted by molar-refractivity contribution is 6.31. The highest BCUT2D eigenvalue weighted by Gasteiger charge is 2.32. The third-order valence-electron chi connectivity index (χ3n) is 3.91. The Bertz CT molecular complexity index is 413. The molecule has 1 aromatic rings. The van der Waals surface area contributed by atoms with E-state index >= 15 is 0 Å². The van der Waals surface area contributed by atoms with Crippen LogP contribution in [0.4, 0.5) is 0 Å². The van der Waals surface area contributed by atoms with Gasteiger partial charge in [0.05, 0.1) is 6.04 Å². The Kier molecular flexibility index (Phi) is 4.88. The van der Waals surface area contributed by atoms with Crippen LogP contribution in [0, 0.1) is 5.92 Å². The SMILES string of the molecule is CC(N)C(c1ccccc1Cl)N(CC1CC1)C(C)C. The quantitative estimate of drug-likeness (QED) is 0.858. The van der Waals surface area contributed by atoms with Crippen molar-refractivity contribution in [3.63, 3.8) is 0 Å². The fraction of sp³-hybridized carbons (Fsp3) is 0.625. The van der Waals surface area contributed by atoms with Crippen molar-refractivity contribution >= 4 is 11.6 Å². The number of nitrogens with zero attached hydrogens (tertiary/aromatic N) is 1. The van der Waals surface area contributed by atoms with Gasteiger partial charge in [-0.25, -0.2) is 0 Å². The van der Waals surface area contributed by atoms with Crippen LogP contribution in [-0.2, 0) is 0 Å². The monoisotopic (exact) mass is 280 g/mol. The van der Waals surface area contributed by atoms with Gasteiger partial charge in [-0.2, -0.15) is 0 Å². The number of benzene rings is 1. The highest BCUT2D eigenvalue weighted by atomic mass is 35.5. The Balaban J connectivity index is 2.28. The molecule has 1 fully saturated rings. The summed E-state index contributed by atoms with van der Waals surface area (Å²) in [5.41, 5.74) is 7.43. The Morgan fingerprint density at radius 3 is 2.37 bits per heavy atom. The summed E-state index contributed by atoms with van der Waals surface area (Å²) >= 11 is 6.38. The summed E-state index contributed by atoms with van der Waals surface area (Å²) < 4.78 is 0. The minimum absolute atomic E-state index is 0.0704. The normalized spacial score (nSPS) is 18.9. The summed E-state index contributed by atoms with van der Waals surface area (Å²) in [6.45, 7) is 7.70. The van der Waals surface area contributed by atoms with Crippen molar-refractivity contribution in [1.29, 1.82) is 0 Å².